The minimum atomic E-state index is -0.169. The number of fused-ring (bicyclic) bond motifs is 1. The van der Waals surface area contributed by atoms with Gasteiger partial charge in [0.05, 0.1) is 12.8 Å². The van der Waals surface area contributed by atoms with Crippen LogP contribution in [0, 0.1) is 6.92 Å². The highest BCUT2D eigenvalue weighted by atomic mass is 16.5. The number of nitrogens with zero attached hydrogens (tertiary/aromatic N) is 3. The van der Waals surface area contributed by atoms with Gasteiger partial charge in [-0.1, -0.05) is 29.8 Å². The largest absolute Gasteiger partial charge is 0.497 e. The molecule has 0 saturated heterocycles. The molecule has 1 aromatic heterocycles. The number of rotatable bonds is 6. The second kappa shape index (κ2) is 9.16. The van der Waals surface area contributed by atoms with Gasteiger partial charge in [-0.3, -0.25) is 9.59 Å². The average Bonchev–Trinajstić information content (AvgIpc) is 2.79. The number of aromatic nitrogens is 2. The van der Waals surface area contributed by atoms with Gasteiger partial charge in [0.1, 0.15) is 5.75 Å². The first-order valence-electron chi connectivity index (χ1n) is 10.7. The summed E-state index contributed by atoms with van der Waals surface area (Å²) >= 11 is 0. The summed E-state index contributed by atoms with van der Waals surface area (Å²) < 4.78 is 6.71. The quantitative estimate of drug-likeness (QED) is 0.608. The molecule has 31 heavy (non-hydrogen) atoms. The van der Waals surface area contributed by atoms with E-state index in [-0.39, 0.29) is 11.5 Å². The van der Waals surface area contributed by atoms with E-state index in [0.717, 1.165) is 36.4 Å². The van der Waals surface area contributed by atoms with Crippen LogP contribution in [-0.2, 0) is 17.8 Å². The van der Waals surface area contributed by atoms with Crippen molar-refractivity contribution in [2.45, 2.75) is 39.2 Å². The fourth-order valence-electron chi connectivity index (χ4n) is 4.05. The Morgan fingerprint density at radius 1 is 1.13 bits per heavy atom. The Kier molecular flexibility index (Phi) is 6.16. The fraction of sp³-hybridized carbons (Fsp3) is 0.320. The molecule has 6 nitrogen and oxygen atoms in total. The van der Waals surface area contributed by atoms with Gasteiger partial charge in [-0.25, -0.2) is 4.68 Å². The summed E-state index contributed by atoms with van der Waals surface area (Å²) in [6.07, 6.45) is 2.93. The summed E-state index contributed by atoms with van der Waals surface area (Å²) in [6, 6.07) is 17.1. The first kappa shape index (κ1) is 20.8. The van der Waals surface area contributed by atoms with Gasteiger partial charge in [0, 0.05) is 36.8 Å². The summed E-state index contributed by atoms with van der Waals surface area (Å²) in [5.74, 6) is 0.835. The monoisotopic (exact) mass is 417 g/mol. The first-order valence-corrected chi connectivity index (χ1v) is 10.7. The molecule has 0 saturated carbocycles. The molecule has 2 heterocycles. The Morgan fingerprint density at radius 2 is 2.00 bits per heavy atom. The number of benzene rings is 2. The van der Waals surface area contributed by atoms with Gasteiger partial charge < -0.3 is 9.64 Å². The Labute approximate surface area is 182 Å². The number of carbonyl (C=O) groups excluding carboxylic acids is 1. The van der Waals surface area contributed by atoms with E-state index in [1.807, 2.05) is 35.2 Å². The van der Waals surface area contributed by atoms with E-state index in [1.54, 1.807) is 13.2 Å². The molecule has 1 aliphatic heterocycles. The molecule has 6 heteroatoms. The van der Waals surface area contributed by atoms with Crippen LogP contribution in [0.2, 0.25) is 0 Å². The van der Waals surface area contributed by atoms with Crippen molar-refractivity contribution in [3.05, 3.63) is 76.1 Å². The van der Waals surface area contributed by atoms with E-state index in [0.29, 0.717) is 25.1 Å². The summed E-state index contributed by atoms with van der Waals surface area (Å²) in [5.41, 5.74) is 4.89. The van der Waals surface area contributed by atoms with Crippen LogP contribution in [0.1, 0.15) is 30.4 Å². The molecule has 160 valence electrons. The van der Waals surface area contributed by atoms with Crippen molar-refractivity contribution in [3.63, 3.8) is 0 Å². The van der Waals surface area contributed by atoms with Crippen molar-refractivity contribution in [3.8, 4) is 17.0 Å². The highest BCUT2D eigenvalue weighted by Gasteiger charge is 2.22. The summed E-state index contributed by atoms with van der Waals surface area (Å²) in [6.45, 7) is 3.22. The van der Waals surface area contributed by atoms with Gasteiger partial charge >= 0.3 is 0 Å². The number of carbonyl (C=O) groups is 1. The summed E-state index contributed by atoms with van der Waals surface area (Å²) in [7, 11) is 1.62. The third kappa shape index (κ3) is 4.68. The van der Waals surface area contributed by atoms with E-state index in [4.69, 9.17) is 4.74 Å². The van der Waals surface area contributed by atoms with E-state index in [1.165, 1.54) is 21.9 Å². The Morgan fingerprint density at radius 3 is 2.84 bits per heavy atom. The standard InChI is InChI=1S/C25H27N3O3/c1-18-10-12-23-20(16-18)7-4-14-27(23)24(29)9-5-15-28-25(30)13-11-22(26-28)19-6-3-8-21(17-19)31-2/h3,6,8,10-13,16-17H,4-5,7,9,14-15H2,1-2H3. The minimum absolute atomic E-state index is 0.0989. The molecule has 0 unspecified atom stereocenters. The molecule has 0 radical (unpaired) electrons. The average molecular weight is 418 g/mol. The van der Waals surface area contributed by atoms with Gasteiger partial charge in [-0.05, 0) is 56.0 Å². The maximum absolute atomic E-state index is 12.9. The maximum atomic E-state index is 12.9. The van der Waals surface area contributed by atoms with E-state index < -0.39 is 0 Å². The van der Waals surface area contributed by atoms with Crippen LogP contribution in [0.4, 0.5) is 5.69 Å². The van der Waals surface area contributed by atoms with Crippen LogP contribution >= 0.6 is 0 Å². The van der Waals surface area contributed by atoms with Gasteiger partial charge in [-0.15, -0.1) is 0 Å². The number of hydrogen-bond donors (Lipinski definition) is 0. The second-order valence-electron chi connectivity index (χ2n) is 7.90. The van der Waals surface area contributed by atoms with Crippen molar-refractivity contribution in [1.82, 2.24) is 9.78 Å². The lowest BCUT2D eigenvalue weighted by Gasteiger charge is -2.30. The molecule has 4 rings (SSSR count). The lowest BCUT2D eigenvalue weighted by atomic mass is 9.99. The van der Waals surface area contributed by atoms with E-state index >= 15 is 0 Å². The van der Waals surface area contributed by atoms with Crippen molar-refractivity contribution < 1.29 is 9.53 Å². The first-order chi connectivity index (χ1) is 15.0. The Hall–Kier alpha value is -3.41. The molecular weight excluding hydrogens is 390 g/mol. The van der Waals surface area contributed by atoms with Gasteiger partial charge in [0.25, 0.3) is 5.56 Å². The highest BCUT2D eigenvalue weighted by molar-refractivity contribution is 5.94. The third-order valence-corrected chi connectivity index (χ3v) is 5.65. The number of amides is 1. The van der Waals surface area contributed by atoms with Crippen molar-refractivity contribution in [1.29, 1.82) is 0 Å². The minimum Gasteiger partial charge on any atom is -0.497 e. The predicted octanol–water partition coefficient (Wildman–Crippen LogP) is 3.99. The van der Waals surface area contributed by atoms with Crippen LogP contribution in [-0.4, -0.2) is 29.3 Å². The maximum Gasteiger partial charge on any atom is 0.266 e. The van der Waals surface area contributed by atoms with Crippen LogP contribution in [0.5, 0.6) is 5.75 Å². The number of methoxy groups -OCH3 is 1. The van der Waals surface area contributed by atoms with Crippen molar-refractivity contribution in [2.24, 2.45) is 0 Å². The van der Waals surface area contributed by atoms with Crippen LogP contribution in [0.3, 0.4) is 0 Å². The number of hydrogen-bond acceptors (Lipinski definition) is 4. The normalized spacial score (nSPS) is 13.0. The van der Waals surface area contributed by atoms with E-state index in [2.05, 4.69) is 24.2 Å². The second-order valence-corrected chi connectivity index (χ2v) is 7.90. The summed E-state index contributed by atoms with van der Waals surface area (Å²) in [5, 5.41) is 4.50. The zero-order valence-electron chi connectivity index (χ0n) is 18.0. The smallest absolute Gasteiger partial charge is 0.266 e. The molecule has 0 spiro atoms. The molecule has 1 aliphatic rings. The van der Waals surface area contributed by atoms with Gasteiger partial charge in [-0.2, -0.15) is 5.10 Å². The van der Waals surface area contributed by atoms with Gasteiger partial charge in [0.15, 0.2) is 0 Å². The Balaban J connectivity index is 1.43. The number of ether oxygens (including phenoxy) is 1. The fourth-order valence-corrected chi connectivity index (χ4v) is 4.05. The third-order valence-electron chi connectivity index (χ3n) is 5.65. The number of anilines is 1. The van der Waals surface area contributed by atoms with E-state index in [9.17, 15) is 9.59 Å². The highest BCUT2D eigenvalue weighted by Crippen LogP contribution is 2.28. The molecule has 2 aromatic carbocycles. The van der Waals surface area contributed by atoms with Gasteiger partial charge in [0.2, 0.25) is 5.91 Å². The molecule has 0 fully saturated rings. The van der Waals surface area contributed by atoms with Crippen LogP contribution in [0.25, 0.3) is 11.3 Å². The molecule has 0 N–H and O–H groups in total. The molecule has 1 amide bonds. The topological polar surface area (TPSA) is 64.4 Å². The Bertz CT molecular complexity index is 1150. The predicted molar refractivity (Wildman–Crippen MR) is 122 cm³/mol. The van der Waals surface area contributed by atoms with Crippen molar-refractivity contribution in [2.75, 3.05) is 18.6 Å². The molecule has 0 atom stereocenters. The molecule has 0 aliphatic carbocycles. The lowest BCUT2D eigenvalue weighted by molar-refractivity contribution is -0.118. The zero-order valence-corrected chi connectivity index (χ0v) is 18.0. The molecule has 0 bridgehead atoms. The molecule has 3 aromatic rings. The SMILES string of the molecule is COc1cccc(-c2ccc(=O)n(CCCC(=O)N3CCCc4cc(C)ccc43)n2)c1. The number of aryl methyl sites for hydroxylation is 3. The lowest BCUT2D eigenvalue weighted by Crippen LogP contribution is -2.35. The van der Waals surface area contributed by atoms with Crippen LogP contribution < -0.4 is 15.2 Å². The van der Waals surface area contributed by atoms with Crippen molar-refractivity contribution >= 4 is 11.6 Å². The molecular formula is C25H27N3O3. The summed E-state index contributed by atoms with van der Waals surface area (Å²) in [4.78, 5) is 27.1. The zero-order chi connectivity index (χ0) is 21.8. The van der Waals surface area contributed by atoms with Crippen LogP contribution in [0.15, 0.2) is 59.4 Å².